The van der Waals surface area contributed by atoms with Gasteiger partial charge in [0.05, 0.1) is 5.75 Å². The van der Waals surface area contributed by atoms with Crippen LogP contribution in [0.25, 0.3) is 0 Å². The SMILES string of the molecule is CCC(C)(CCCl)NS(=O)(=O)Cc1ccccc1. The van der Waals surface area contributed by atoms with Gasteiger partial charge in [0.1, 0.15) is 0 Å². The van der Waals surface area contributed by atoms with Crippen molar-refractivity contribution in [1.82, 2.24) is 4.72 Å². The van der Waals surface area contributed by atoms with E-state index in [1.54, 1.807) is 0 Å². The molecule has 1 aromatic carbocycles. The van der Waals surface area contributed by atoms with Gasteiger partial charge in [-0.3, -0.25) is 0 Å². The maximum Gasteiger partial charge on any atom is 0.216 e. The largest absolute Gasteiger partial charge is 0.216 e. The zero-order valence-corrected chi connectivity index (χ0v) is 12.4. The summed E-state index contributed by atoms with van der Waals surface area (Å²) in [6, 6.07) is 9.16. The van der Waals surface area contributed by atoms with Gasteiger partial charge in [-0.2, -0.15) is 0 Å². The van der Waals surface area contributed by atoms with Gasteiger partial charge in [-0.25, -0.2) is 13.1 Å². The molecule has 0 aliphatic heterocycles. The summed E-state index contributed by atoms with van der Waals surface area (Å²) in [6.45, 7) is 3.84. The van der Waals surface area contributed by atoms with Crippen LogP contribution in [0.1, 0.15) is 32.3 Å². The van der Waals surface area contributed by atoms with Crippen LogP contribution in [-0.2, 0) is 15.8 Å². The zero-order valence-electron chi connectivity index (χ0n) is 10.8. The van der Waals surface area contributed by atoms with Crippen molar-refractivity contribution in [3.8, 4) is 0 Å². The van der Waals surface area contributed by atoms with E-state index in [0.29, 0.717) is 18.7 Å². The van der Waals surface area contributed by atoms with Crippen LogP contribution in [0.3, 0.4) is 0 Å². The molecule has 1 aromatic rings. The van der Waals surface area contributed by atoms with Crippen molar-refractivity contribution in [3.05, 3.63) is 35.9 Å². The Morgan fingerprint density at radius 1 is 1.28 bits per heavy atom. The zero-order chi connectivity index (χ0) is 13.6. The lowest BCUT2D eigenvalue weighted by atomic mass is 9.97. The summed E-state index contributed by atoms with van der Waals surface area (Å²) in [5, 5.41) is 0. The molecule has 1 rings (SSSR count). The Kier molecular flexibility index (Phi) is 5.63. The fourth-order valence-electron chi connectivity index (χ4n) is 1.71. The van der Waals surface area contributed by atoms with Gasteiger partial charge < -0.3 is 0 Å². The standard InChI is InChI=1S/C13H20ClNO2S/c1-3-13(2,9-10-14)15-18(16,17)11-12-7-5-4-6-8-12/h4-8,15H,3,9-11H2,1-2H3. The molecule has 3 nitrogen and oxygen atoms in total. The second-order valence-electron chi connectivity index (χ2n) is 4.70. The molecule has 1 atom stereocenters. The second kappa shape index (κ2) is 6.55. The lowest BCUT2D eigenvalue weighted by Gasteiger charge is -2.28. The number of benzene rings is 1. The molecule has 0 aromatic heterocycles. The first-order chi connectivity index (χ1) is 8.41. The number of hydrogen-bond donors (Lipinski definition) is 1. The van der Waals surface area contributed by atoms with E-state index in [-0.39, 0.29) is 5.75 Å². The summed E-state index contributed by atoms with van der Waals surface area (Å²) in [4.78, 5) is 0. The summed E-state index contributed by atoms with van der Waals surface area (Å²) < 4.78 is 26.9. The molecule has 0 saturated carbocycles. The first kappa shape index (κ1) is 15.5. The maximum absolute atomic E-state index is 12.1. The fourth-order valence-corrected chi connectivity index (χ4v) is 3.83. The van der Waals surface area contributed by atoms with Crippen molar-refractivity contribution >= 4 is 21.6 Å². The van der Waals surface area contributed by atoms with Crippen LogP contribution in [0.4, 0.5) is 0 Å². The van der Waals surface area contributed by atoms with E-state index in [2.05, 4.69) is 4.72 Å². The number of alkyl halides is 1. The van der Waals surface area contributed by atoms with Crippen LogP contribution < -0.4 is 4.72 Å². The van der Waals surface area contributed by atoms with E-state index in [1.165, 1.54) is 0 Å². The minimum absolute atomic E-state index is 0.00567. The van der Waals surface area contributed by atoms with E-state index >= 15 is 0 Å². The molecular weight excluding hydrogens is 270 g/mol. The van der Waals surface area contributed by atoms with Crippen LogP contribution in [0, 0.1) is 0 Å². The summed E-state index contributed by atoms with van der Waals surface area (Å²) in [7, 11) is -3.34. The van der Waals surface area contributed by atoms with Crippen LogP contribution >= 0.6 is 11.6 Å². The molecule has 0 aliphatic rings. The van der Waals surface area contributed by atoms with E-state index in [9.17, 15) is 8.42 Å². The lowest BCUT2D eigenvalue weighted by Crippen LogP contribution is -2.46. The van der Waals surface area contributed by atoms with E-state index in [1.807, 2.05) is 44.2 Å². The Bertz CT molecular complexity index is 461. The van der Waals surface area contributed by atoms with Gasteiger partial charge in [0.25, 0.3) is 0 Å². The highest BCUT2D eigenvalue weighted by Crippen LogP contribution is 2.18. The Hall–Kier alpha value is -0.580. The van der Waals surface area contributed by atoms with Crippen LogP contribution in [0.2, 0.25) is 0 Å². The second-order valence-corrected chi connectivity index (χ2v) is 6.80. The van der Waals surface area contributed by atoms with Gasteiger partial charge in [0, 0.05) is 11.4 Å². The summed E-state index contributed by atoms with van der Waals surface area (Å²) in [5.74, 6) is 0.448. The highest BCUT2D eigenvalue weighted by molar-refractivity contribution is 7.88. The number of sulfonamides is 1. The maximum atomic E-state index is 12.1. The Labute approximate surface area is 115 Å². The van der Waals surface area contributed by atoms with E-state index in [4.69, 9.17) is 11.6 Å². The topological polar surface area (TPSA) is 46.2 Å². The number of halogens is 1. The number of nitrogens with one attached hydrogen (secondary N) is 1. The van der Waals surface area contributed by atoms with Crippen molar-refractivity contribution < 1.29 is 8.42 Å². The normalized spacial score (nSPS) is 15.3. The molecular formula is C13H20ClNO2S. The predicted molar refractivity (Wildman–Crippen MR) is 76.2 cm³/mol. The molecule has 0 aliphatic carbocycles. The molecule has 5 heteroatoms. The van der Waals surface area contributed by atoms with Crippen molar-refractivity contribution in [3.63, 3.8) is 0 Å². The van der Waals surface area contributed by atoms with Crippen molar-refractivity contribution in [1.29, 1.82) is 0 Å². The molecule has 0 radical (unpaired) electrons. The Morgan fingerprint density at radius 3 is 2.39 bits per heavy atom. The predicted octanol–water partition coefficient (Wildman–Crippen LogP) is 2.90. The van der Waals surface area contributed by atoms with Crippen LogP contribution in [-0.4, -0.2) is 19.8 Å². The quantitative estimate of drug-likeness (QED) is 0.785. The average Bonchev–Trinajstić information content (AvgIpc) is 2.29. The van der Waals surface area contributed by atoms with Gasteiger partial charge in [-0.1, -0.05) is 37.3 Å². The third-order valence-corrected chi connectivity index (χ3v) is 4.73. The molecule has 0 spiro atoms. The third kappa shape index (κ3) is 4.96. The molecule has 1 unspecified atom stereocenters. The van der Waals surface area contributed by atoms with Crippen molar-refractivity contribution in [2.24, 2.45) is 0 Å². The van der Waals surface area contributed by atoms with Gasteiger partial charge in [-0.15, -0.1) is 11.6 Å². The number of rotatable bonds is 7. The van der Waals surface area contributed by atoms with E-state index < -0.39 is 15.6 Å². The Morgan fingerprint density at radius 2 is 1.89 bits per heavy atom. The highest BCUT2D eigenvalue weighted by Gasteiger charge is 2.27. The average molecular weight is 290 g/mol. The fraction of sp³-hybridized carbons (Fsp3) is 0.538. The van der Waals surface area contributed by atoms with Gasteiger partial charge in [0.2, 0.25) is 10.0 Å². The summed E-state index contributed by atoms with van der Waals surface area (Å²) >= 11 is 5.72. The summed E-state index contributed by atoms with van der Waals surface area (Å²) in [6.07, 6.45) is 1.34. The molecule has 0 heterocycles. The third-order valence-electron chi connectivity index (χ3n) is 3.03. The van der Waals surface area contributed by atoms with Gasteiger partial charge in [-0.05, 0) is 25.3 Å². The molecule has 0 bridgehead atoms. The first-order valence-corrected chi connectivity index (χ1v) is 8.21. The monoisotopic (exact) mass is 289 g/mol. The molecule has 0 saturated heterocycles. The highest BCUT2D eigenvalue weighted by atomic mass is 35.5. The first-order valence-electron chi connectivity index (χ1n) is 6.02. The minimum Gasteiger partial charge on any atom is -0.212 e. The lowest BCUT2D eigenvalue weighted by molar-refractivity contribution is 0.390. The van der Waals surface area contributed by atoms with Crippen molar-refractivity contribution in [2.75, 3.05) is 5.88 Å². The smallest absolute Gasteiger partial charge is 0.212 e. The molecule has 102 valence electrons. The van der Waals surface area contributed by atoms with Crippen LogP contribution in [0.15, 0.2) is 30.3 Å². The van der Waals surface area contributed by atoms with Crippen molar-refractivity contribution in [2.45, 2.75) is 38.0 Å². The molecule has 0 fully saturated rings. The molecule has 0 amide bonds. The van der Waals surface area contributed by atoms with Gasteiger partial charge in [0.15, 0.2) is 0 Å². The molecule has 18 heavy (non-hydrogen) atoms. The van der Waals surface area contributed by atoms with E-state index in [0.717, 1.165) is 5.56 Å². The summed E-state index contributed by atoms with van der Waals surface area (Å²) in [5.41, 5.74) is 0.323. The number of hydrogen-bond acceptors (Lipinski definition) is 2. The minimum atomic E-state index is -3.34. The van der Waals surface area contributed by atoms with Crippen LogP contribution in [0.5, 0.6) is 0 Å². The van der Waals surface area contributed by atoms with Gasteiger partial charge >= 0.3 is 0 Å². The Balaban J connectivity index is 2.76. The molecule has 1 N–H and O–H groups in total.